The minimum absolute atomic E-state index is 0.0642. The molecule has 0 spiro atoms. The van der Waals surface area contributed by atoms with Gasteiger partial charge in [0.05, 0.1) is 0 Å². The Kier molecular flexibility index (Phi) is 3.77. The van der Waals surface area contributed by atoms with Gasteiger partial charge in [0.15, 0.2) is 5.78 Å². The summed E-state index contributed by atoms with van der Waals surface area (Å²) in [5.74, 6) is 0.0642. The lowest BCUT2D eigenvalue weighted by Crippen LogP contribution is -1.92. The van der Waals surface area contributed by atoms with E-state index < -0.39 is 0 Å². The van der Waals surface area contributed by atoms with E-state index >= 15 is 0 Å². The monoisotopic (exact) mass is 192 g/mol. The van der Waals surface area contributed by atoms with Gasteiger partial charge < -0.3 is 0 Å². The number of carbonyl (C=O) groups is 1. The minimum Gasteiger partial charge on any atom is -0.289 e. The highest BCUT2D eigenvalue weighted by Gasteiger charge is 1.99. The van der Waals surface area contributed by atoms with E-state index in [0.717, 1.165) is 5.56 Å². The van der Waals surface area contributed by atoms with Gasteiger partial charge in [-0.25, -0.2) is 0 Å². The number of hydrogen-bond donors (Lipinski definition) is 0. The first kappa shape index (κ1) is 10.1. The zero-order valence-electron chi connectivity index (χ0n) is 7.78. The molecule has 1 aromatic rings. The van der Waals surface area contributed by atoms with Gasteiger partial charge in [-0.3, -0.25) is 4.79 Å². The minimum atomic E-state index is 0.0642. The van der Waals surface area contributed by atoms with Crippen LogP contribution in [0.3, 0.4) is 0 Å². The third kappa shape index (κ3) is 3.07. The van der Waals surface area contributed by atoms with E-state index in [4.69, 9.17) is 0 Å². The lowest BCUT2D eigenvalue weighted by atomic mass is 10.1. The summed E-state index contributed by atoms with van der Waals surface area (Å²) < 4.78 is 0. The Morgan fingerprint density at radius 1 is 1.31 bits per heavy atom. The van der Waals surface area contributed by atoms with Crippen LogP contribution in [0.2, 0.25) is 0 Å². The molecule has 0 aromatic heterocycles. The summed E-state index contributed by atoms with van der Waals surface area (Å²) >= 11 is 1.53. The molecule has 0 aliphatic heterocycles. The molecule has 0 radical (unpaired) electrons. The molecular formula is C11H12OS. The molecule has 0 atom stereocenters. The van der Waals surface area contributed by atoms with Crippen LogP contribution >= 0.6 is 11.8 Å². The Bertz CT molecular complexity index is 311. The van der Waals surface area contributed by atoms with Crippen molar-refractivity contribution in [1.29, 1.82) is 0 Å². The number of benzene rings is 1. The van der Waals surface area contributed by atoms with Crippen molar-refractivity contribution in [2.75, 3.05) is 6.26 Å². The smallest absolute Gasteiger partial charge is 0.186 e. The van der Waals surface area contributed by atoms with Gasteiger partial charge >= 0.3 is 0 Å². The van der Waals surface area contributed by atoms with Crippen molar-refractivity contribution < 1.29 is 4.79 Å². The Morgan fingerprint density at radius 2 is 1.92 bits per heavy atom. The van der Waals surface area contributed by atoms with Crippen LogP contribution in [-0.2, 0) is 0 Å². The van der Waals surface area contributed by atoms with Crippen LogP contribution in [0.1, 0.15) is 15.9 Å². The van der Waals surface area contributed by atoms with Crippen LogP contribution in [0.15, 0.2) is 35.7 Å². The summed E-state index contributed by atoms with van der Waals surface area (Å²) in [6.07, 6.45) is 3.52. The summed E-state index contributed by atoms with van der Waals surface area (Å²) in [6.45, 7) is 2.01. The fourth-order valence-electron chi connectivity index (χ4n) is 0.944. The topological polar surface area (TPSA) is 17.1 Å². The number of rotatable bonds is 3. The van der Waals surface area contributed by atoms with Crippen molar-refractivity contribution in [2.24, 2.45) is 0 Å². The van der Waals surface area contributed by atoms with Crippen LogP contribution in [-0.4, -0.2) is 12.0 Å². The Morgan fingerprint density at radius 3 is 2.46 bits per heavy atom. The number of aryl methyl sites for hydroxylation is 1. The summed E-state index contributed by atoms with van der Waals surface area (Å²) in [6, 6.07) is 7.59. The molecule has 0 saturated heterocycles. The maximum absolute atomic E-state index is 11.4. The zero-order valence-corrected chi connectivity index (χ0v) is 8.60. The Balaban J connectivity index is 2.78. The second-order valence-corrected chi connectivity index (χ2v) is 3.51. The first-order valence-corrected chi connectivity index (χ1v) is 5.33. The molecule has 1 rings (SSSR count). The molecule has 1 aromatic carbocycles. The van der Waals surface area contributed by atoms with Crippen molar-refractivity contribution in [2.45, 2.75) is 6.92 Å². The molecule has 2 heteroatoms. The van der Waals surface area contributed by atoms with Gasteiger partial charge in [-0.15, -0.1) is 11.8 Å². The third-order valence-corrected chi connectivity index (χ3v) is 2.10. The van der Waals surface area contributed by atoms with Crippen molar-refractivity contribution in [3.05, 3.63) is 46.9 Å². The van der Waals surface area contributed by atoms with Crippen LogP contribution in [0, 0.1) is 6.92 Å². The van der Waals surface area contributed by atoms with Gasteiger partial charge in [0, 0.05) is 5.56 Å². The van der Waals surface area contributed by atoms with Gasteiger partial charge in [-0.1, -0.05) is 29.8 Å². The first-order valence-electron chi connectivity index (χ1n) is 4.04. The van der Waals surface area contributed by atoms with E-state index in [1.165, 1.54) is 17.3 Å². The number of allylic oxidation sites excluding steroid dienone is 1. The van der Waals surface area contributed by atoms with Crippen molar-refractivity contribution in [1.82, 2.24) is 0 Å². The van der Waals surface area contributed by atoms with E-state index in [9.17, 15) is 4.79 Å². The molecule has 0 saturated carbocycles. The fraction of sp³-hybridized carbons (Fsp3) is 0.182. The van der Waals surface area contributed by atoms with E-state index in [1.54, 1.807) is 11.5 Å². The predicted molar refractivity (Wildman–Crippen MR) is 58.2 cm³/mol. The second kappa shape index (κ2) is 4.87. The Labute approximate surface area is 82.9 Å². The van der Waals surface area contributed by atoms with Crippen LogP contribution in [0.25, 0.3) is 0 Å². The molecule has 0 aliphatic rings. The van der Waals surface area contributed by atoms with Gasteiger partial charge in [-0.05, 0) is 24.7 Å². The average Bonchev–Trinajstić information content (AvgIpc) is 2.15. The molecular weight excluding hydrogens is 180 g/mol. The van der Waals surface area contributed by atoms with Crippen LogP contribution < -0.4 is 0 Å². The molecule has 0 amide bonds. The number of carbonyl (C=O) groups excluding carboxylic acids is 1. The molecule has 13 heavy (non-hydrogen) atoms. The van der Waals surface area contributed by atoms with Crippen LogP contribution in [0.5, 0.6) is 0 Å². The molecule has 68 valence electrons. The van der Waals surface area contributed by atoms with Crippen molar-refractivity contribution >= 4 is 17.5 Å². The third-order valence-electron chi connectivity index (χ3n) is 1.69. The summed E-state index contributed by atoms with van der Waals surface area (Å²) in [5.41, 5.74) is 1.92. The van der Waals surface area contributed by atoms with E-state index in [0.29, 0.717) is 0 Å². The average molecular weight is 192 g/mol. The molecule has 0 heterocycles. The van der Waals surface area contributed by atoms with Crippen molar-refractivity contribution in [3.63, 3.8) is 0 Å². The fourth-order valence-corrected chi connectivity index (χ4v) is 1.20. The van der Waals surface area contributed by atoms with Gasteiger partial charge in [-0.2, -0.15) is 0 Å². The molecule has 0 N–H and O–H groups in total. The summed E-state index contributed by atoms with van der Waals surface area (Å²) in [4.78, 5) is 11.4. The van der Waals surface area contributed by atoms with E-state index in [2.05, 4.69) is 0 Å². The van der Waals surface area contributed by atoms with Gasteiger partial charge in [0.25, 0.3) is 0 Å². The highest BCUT2D eigenvalue weighted by atomic mass is 32.2. The van der Waals surface area contributed by atoms with E-state index in [1.807, 2.05) is 37.4 Å². The van der Waals surface area contributed by atoms with Crippen LogP contribution in [0.4, 0.5) is 0 Å². The van der Waals surface area contributed by atoms with Gasteiger partial charge in [0.2, 0.25) is 0 Å². The van der Waals surface area contributed by atoms with Gasteiger partial charge in [0.1, 0.15) is 0 Å². The maximum Gasteiger partial charge on any atom is 0.186 e. The lowest BCUT2D eigenvalue weighted by molar-refractivity contribution is 0.104. The molecule has 0 aliphatic carbocycles. The molecule has 0 fully saturated rings. The largest absolute Gasteiger partial charge is 0.289 e. The SMILES string of the molecule is CS/C=C/C(=O)c1ccc(C)cc1. The normalized spacial score (nSPS) is 10.6. The highest BCUT2D eigenvalue weighted by molar-refractivity contribution is 8.01. The predicted octanol–water partition coefficient (Wildman–Crippen LogP) is 3.05. The number of hydrogen-bond acceptors (Lipinski definition) is 2. The quantitative estimate of drug-likeness (QED) is 0.541. The number of thioether (sulfide) groups is 1. The highest BCUT2D eigenvalue weighted by Crippen LogP contribution is 2.05. The summed E-state index contributed by atoms with van der Waals surface area (Å²) in [5, 5.41) is 1.79. The molecule has 0 bridgehead atoms. The zero-order chi connectivity index (χ0) is 9.68. The second-order valence-electron chi connectivity index (χ2n) is 2.77. The standard InChI is InChI=1S/C11H12OS/c1-9-3-5-10(6-4-9)11(12)7-8-13-2/h3-8H,1-2H3/b8-7+. The first-order chi connectivity index (χ1) is 6.24. The van der Waals surface area contributed by atoms with Crippen molar-refractivity contribution in [3.8, 4) is 0 Å². The Hall–Kier alpha value is -1.02. The maximum atomic E-state index is 11.4. The molecule has 0 unspecified atom stereocenters. The van der Waals surface area contributed by atoms with E-state index in [-0.39, 0.29) is 5.78 Å². The lowest BCUT2D eigenvalue weighted by Gasteiger charge is -1.95. The molecule has 1 nitrogen and oxygen atoms in total. The number of ketones is 1. The summed E-state index contributed by atoms with van der Waals surface area (Å²) in [7, 11) is 0.